The van der Waals surface area contributed by atoms with Crippen LogP contribution < -0.4 is 10.6 Å². The number of hydrogen-bond acceptors (Lipinski definition) is 4. The molecule has 1 saturated heterocycles. The number of carbonyl (C=O) groups is 3. The Balaban J connectivity index is 1.82. The topological polar surface area (TPSA) is 84.5 Å². The number of esters is 1. The van der Waals surface area contributed by atoms with Gasteiger partial charge in [0.25, 0.3) is 0 Å². The van der Waals surface area contributed by atoms with E-state index in [1.165, 1.54) is 0 Å². The molecule has 0 saturated carbocycles. The molecule has 0 spiro atoms. The molecule has 2 unspecified atom stereocenters. The van der Waals surface area contributed by atoms with Gasteiger partial charge in [-0.15, -0.1) is 0 Å². The molecule has 1 aliphatic heterocycles. The minimum absolute atomic E-state index is 0.151. The largest absolute Gasteiger partial charge is 0.461 e. The molecule has 0 aliphatic carbocycles. The molecule has 6 heteroatoms. The third-order valence-electron chi connectivity index (χ3n) is 3.00. The molecule has 1 heterocycles. The fourth-order valence-corrected chi connectivity index (χ4v) is 1.85. The highest BCUT2D eigenvalue weighted by molar-refractivity contribution is 5.98. The van der Waals surface area contributed by atoms with Gasteiger partial charge in [0.15, 0.2) is 0 Å². The molecule has 1 aliphatic rings. The second kappa shape index (κ2) is 6.18. The number of amides is 2. The van der Waals surface area contributed by atoms with Crippen molar-refractivity contribution < 1.29 is 19.1 Å². The van der Waals surface area contributed by atoms with Gasteiger partial charge in [-0.2, -0.15) is 0 Å². The number of ether oxygens (including phenoxy) is 1. The van der Waals surface area contributed by atoms with Crippen molar-refractivity contribution in [3.8, 4) is 0 Å². The molecule has 2 rings (SSSR count). The summed E-state index contributed by atoms with van der Waals surface area (Å²) in [5, 5.41) is 4.99. The molecule has 2 amide bonds. The first kappa shape index (κ1) is 14.0. The predicted octanol–water partition coefficient (Wildman–Crippen LogP) is 0.123. The monoisotopic (exact) mass is 276 g/mol. The molecule has 2 N–H and O–H groups in total. The fraction of sp³-hybridized carbons (Fsp3) is 0.357. The van der Waals surface area contributed by atoms with Gasteiger partial charge in [-0.3, -0.25) is 14.4 Å². The van der Waals surface area contributed by atoms with E-state index in [0.29, 0.717) is 0 Å². The maximum atomic E-state index is 11.7. The summed E-state index contributed by atoms with van der Waals surface area (Å²) in [4.78, 5) is 34.7. The second-order valence-electron chi connectivity index (χ2n) is 4.64. The van der Waals surface area contributed by atoms with Gasteiger partial charge in [0, 0.05) is 0 Å². The first-order valence-corrected chi connectivity index (χ1v) is 6.36. The highest BCUT2D eigenvalue weighted by Gasteiger charge is 2.32. The van der Waals surface area contributed by atoms with E-state index in [1.54, 1.807) is 6.92 Å². The summed E-state index contributed by atoms with van der Waals surface area (Å²) in [6.45, 7) is 1.73. The van der Waals surface area contributed by atoms with Gasteiger partial charge in [0.2, 0.25) is 11.8 Å². The Hall–Kier alpha value is -2.37. The molecule has 1 aromatic rings. The lowest BCUT2D eigenvalue weighted by Crippen LogP contribution is -2.61. The van der Waals surface area contributed by atoms with Crippen molar-refractivity contribution in [3.05, 3.63) is 35.9 Å². The van der Waals surface area contributed by atoms with E-state index in [1.807, 2.05) is 30.3 Å². The molecule has 20 heavy (non-hydrogen) atoms. The number of hydrogen-bond donors (Lipinski definition) is 2. The van der Waals surface area contributed by atoms with Crippen LogP contribution in [0.4, 0.5) is 0 Å². The third kappa shape index (κ3) is 3.57. The summed E-state index contributed by atoms with van der Waals surface area (Å²) in [5.41, 5.74) is 0.867. The summed E-state index contributed by atoms with van der Waals surface area (Å²) in [6, 6.07) is 7.81. The van der Waals surface area contributed by atoms with Crippen molar-refractivity contribution in [3.63, 3.8) is 0 Å². The van der Waals surface area contributed by atoms with Crippen LogP contribution in [0.5, 0.6) is 0 Å². The van der Waals surface area contributed by atoms with Gasteiger partial charge < -0.3 is 15.4 Å². The molecule has 1 aromatic carbocycles. The Bertz CT molecular complexity index is 515. The molecule has 0 bridgehead atoms. The van der Waals surface area contributed by atoms with Gasteiger partial charge in [0.1, 0.15) is 18.7 Å². The third-order valence-corrected chi connectivity index (χ3v) is 3.00. The molecule has 0 aromatic heterocycles. The molecule has 106 valence electrons. The molecular formula is C14H16N2O4. The first-order valence-electron chi connectivity index (χ1n) is 6.36. The maximum absolute atomic E-state index is 11.7. The summed E-state index contributed by atoms with van der Waals surface area (Å²) in [5.74, 6) is -1.19. The van der Waals surface area contributed by atoms with Crippen molar-refractivity contribution in [2.24, 2.45) is 0 Å². The molecular weight excluding hydrogens is 260 g/mol. The molecule has 6 nitrogen and oxygen atoms in total. The van der Waals surface area contributed by atoms with Crippen molar-refractivity contribution in [2.45, 2.75) is 32.0 Å². The quantitative estimate of drug-likeness (QED) is 0.765. The van der Waals surface area contributed by atoms with Crippen LogP contribution >= 0.6 is 0 Å². The van der Waals surface area contributed by atoms with Crippen LogP contribution in [0.1, 0.15) is 18.9 Å². The van der Waals surface area contributed by atoms with E-state index in [0.717, 1.165) is 5.56 Å². The summed E-state index contributed by atoms with van der Waals surface area (Å²) < 4.78 is 5.07. The number of rotatable bonds is 4. The van der Waals surface area contributed by atoms with Crippen molar-refractivity contribution in [1.82, 2.24) is 10.6 Å². The Morgan fingerprint density at radius 3 is 2.55 bits per heavy atom. The van der Waals surface area contributed by atoms with Crippen molar-refractivity contribution >= 4 is 17.8 Å². The smallest absolute Gasteiger partial charge is 0.308 e. The highest BCUT2D eigenvalue weighted by atomic mass is 16.5. The van der Waals surface area contributed by atoms with Crippen LogP contribution in [0.15, 0.2) is 30.3 Å². The number of nitrogens with one attached hydrogen (secondary N) is 2. The highest BCUT2D eigenvalue weighted by Crippen LogP contribution is 2.05. The SMILES string of the molecule is CC1NC(=O)C(CC(=O)OCc2ccccc2)NC1=O. The van der Waals surface area contributed by atoms with Gasteiger partial charge in [-0.25, -0.2) is 0 Å². The lowest BCUT2D eigenvalue weighted by Gasteiger charge is -2.26. The van der Waals surface area contributed by atoms with Gasteiger partial charge in [0.05, 0.1) is 6.42 Å². The zero-order chi connectivity index (χ0) is 14.5. The first-order chi connectivity index (χ1) is 9.56. The lowest BCUT2D eigenvalue weighted by molar-refractivity contribution is -0.148. The Morgan fingerprint density at radius 1 is 1.15 bits per heavy atom. The van der Waals surface area contributed by atoms with Crippen LogP contribution in [0.25, 0.3) is 0 Å². The second-order valence-corrected chi connectivity index (χ2v) is 4.64. The number of piperazine rings is 1. The van der Waals surface area contributed by atoms with E-state index in [9.17, 15) is 14.4 Å². The Kier molecular flexibility index (Phi) is 4.34. The van der Waals surface area contributed by atoms with E-state index < -0.39 is 18.1 Å². The average Bonchev–Trinajstić information content (AvgIpc) is 2.44. The van der Waals surface area contributed by atoms with Crippen LogP contribution in [0.3, 0.4) is 0 Å². The number of carbonyl (C=O) groups excluding carboxylic acids is 3. The Morgan fingerprint density at radius 2 is 1.85 bits per heavy atom. The van der Waals surface area contributed by atoms with Gasteiger partial charge in [-0.05, 0) is 12.5 Å². The predicted molar refractivity (Wildman–Crippen MR) is 70.4 cm³/mol. The minimum Gasteiger partial charge on any atom is -0.461 e. The van der Waals surface area contributed by atoms with Crippen LogP contribution in [0.2, 0.25) is 0 Å². The van der Waals surface area contributed by atoms with Crippen LogP contribution in [0, 0.1) is 0 Å². The molecule has 2 atom stereocenters. The van der Waals surface area contributed by atoms with Crippen molar-refractivity contribution in [2.75, 3.05) is 0 Å². The zero-order valence-electron chi connectivity index (χ0n) is 11.1. The lowest BCUT2D eigenvalue weighted by atomic mass is 10.1. The van der Waals surface area contributed by atoms with Gasteiger partial charge in [-0.1, -0.05) is 30.3 Å². The minimum atomic E-state index is -0.859. The normalized spacial score (nSPS) is 21.9. The molecule has 1 fully saturated rings. The number of benzene rings is 1. The van der Waals surface area contributed by atoms with Crippen molar-refractivity contribution in [1.29, 1.82) is 0 Å². The van der Waals surface area contributed by atoms with E-state index in [4.69, 9.17) is 4.74 Å². The molecule has 0 radical (unpaired) electrons. The van der Waals surface area contributed by atoms with E-state index >= 15 is 0 Å². The average molecular weight is 276 g/mol. The summed E-state index contributed by atoms with van der Waals surface area (Å²) >= 11 is 0. The summed E-state index contributed by atoms with van der Waals surface area (Å²) in [6.07, 6.45) is -0.170. The van der Waals surface area contributed by atoms with Gasteiger partial charge >= 0.3 is 5.97 Å². The summed E-state index contributed by atoms with van der Waals surface area (Å²) in [7, 11) is 0. The van der Waals surface area contributed by atoms with Crippen LogP contribution in [-0.4, -0.2) is 29.9 Å². The fourth-order valence-electron chi connectivity index (χ4n) is 1.85. The maximum Gasteiger partial charge on any atom is 0.308 e. The standard InChI is InChI=1S/C14H16N2O4/c1-9-13(18)16-11(14(19)15-9)7-12(17)20-8-10-5-3-2-4-6-10/h2-6,9,11H,7-8H2,1H3,(H,15,19)(H,16,18). The zero-order valence-corrected chi connectivity index (χ0v) is 11.1. The van der Waals surface area contributed by atoms with E-state index in [2.05, 4.69) is 10.6 Å². The van der Waals surface area contributed by atoms with E-state index in [-0.39, 0.29) is 24.8 Å². The Labute approximate surface area is 116 Å². The van der Waals surface area contributed by atoms with Crippen LogP contribution in [-0.2, 0) is 25.7 Å².